The standard InChI is InChI=1S/C20H31N7O/c1-15(2)19-17(6-4-10-28-19)24-18-7-8-22-20(25-18)26-9-3-5-16(11-26)12-27-14-21-13-23-27/h7-8,13-17,19H,3-6,9-12H2,1-2H3,(H,22,24,25). The molecule has 2 aliphatic heterocycles. The van der Waals surface area contributed by atoms with Crippen molar-refractivity contribution >= 4 is 11.8 Å². The number of nitrogens with zero attached hydrogens (tertiary/aromatic N) is 6. The lowest BCUT2D eigenvalue weighted by atomic mass is 9.94. The fraction of sp³-hybridized carbons (Fsp3) is 0.700. The van der Waals surface area contributed by atoms with E-state index >= 15 is 0 Å². The Hall–Kier alpha value is -2.22. The van der Waals surface area contributed by atoms with Crippen LogP contribution < -0.4 is 10.2 Å². The summed E-state index contributed by atoms with van der Waals surface area (Å²) in [6, 6.07) is 2.27. The smallest absolute Gasteiger partial charge is 0.227 e. The Bertz CT molecular complexity index is 736. The first-order valence-electron chi connectivity index (χ1n) is 10.5. The maximum absolute atomic E-state index is 6.01. The summed E-state index contributed by atoms with van der Waals surface area (Å²) in [4.78, 5) is 15.7. The number of nitrogens with one attached hydrogen (secondary N) is 1. The second kappa shape index (κ2) is 8.86. The predicted octanol–water partition coefficient (Wildman–Crippen LogP) is 2.60. The van der Waals surface area contributed by atoms with E-state index in [2.05, 4.69) is 39.1 Å². The van der Waals surface area contributed by atoms with Gasteiger partial charge in [0.25, 0.3) is 0 Å². The Morgan fingerprint density at radius 1 is 1.29 bits per heavy atom. The third kappa shape index (κ3) is 4.60. The van der Waals surface area contributed by atoms with Crippen molar-refractivity contribution in [2.24, 2.45) is 11.8 Å². The van der Waals surface area contributed by atoms with Crippen molar-refractivity contribution in [2.45, 2.75) is 58.2 Å². The number of hydrogen-bond acceptors (Lipinski definition) is 7. The second-order valence-corrected chi connectivity index (χ2v) is 8.29. The molecule has 2 fully saturated rings. The van der Waals surface area contributed by atoms with Gasteiger partial charge in [0.05, 0.1) is 12.1 Å². The predicted molar refractivity (Wildman–Crippen MR) is 108 cm³/mol. The molecule has 8 heteroatoms. The van der Waals surface area contributed by atoms with Crippen LogP contribution in [0, 0.1) is 11.8 Å². The van der Waals surface area contributed by atoms with Gasteiger partial charge in [0.2, 0.25) is 5.95 Å². The van der Waals surface area contributed by atoms with Gasteiger partial charge in [-0.3, -0.25) is 4.68 Å². The summed E-state index contributed by atoms with van der Waals surface area (Å²) in [5, 5.41) is 7.86. The maximum Gasteiger partial charge on any atom is 0.227 e. The SMILES string of the molecule is CC(C)C1OCCCC1Nc1ccnc(N2CCCC(Cn3cncn3)C2)n1. The first-order chi connectivity index (χ1) is 13.7. The number of anilines is 2. The molecule has 0 saturated carbocycles. The highest BCUT2D eigenvalue weighted by Crippen LogP contribution is 2.25. The van der Waals surface area contributed by atoms with Gasteiger partial charge in [0.15, 0.2) is 0 Å². The summed E-state index contributed by atoms with van der Waals surface area (Å²) in [7, 11) is 0. The van der Waals surface area contributed by atoms with Crippen LogP contribution in [-0.4, -0.2) is 56.6 Å². The molecular weight excluding hydrogens is 354 g/mol. The van der Waals surface area contributed by atoms with Crippen molar-refractivity contribution < 1.29 is 4.74 Å². The molecular formula is C20H31N7O. The molecule has 2 aromatic heterocycles. The summed E-state index contributed by atoms with van der Waals surface area (Å²) in [5.74, 6) is 2.72. The van der Waals surface area contributed by atoms with Gasteiger partial charge in [0, 0.05) is 32.4 Å². The zero-order chi connectivity index (χ0) is 19.3. The van der Waals surface area contributed by atoms with Gasteiger partial charge in [-0.1, -0.05) is 13.8 Å². The molecule has 2 aliphatic rings. The van der Waals surface area contributed by atoms with Crippen LogP contribution in [0.2, 0.25) is 0 Å². The van der Waals surface area contributed by atoms with E-state index in [0.717, 1.165) is 57.3 Å². The third-order valence-electron chi connectivity index (χ3n) is 5.71. The Kier molecular flexibility index (Phi) is 6.04. The van der Waals surface area contributed by atoms with E-state index in [-0.39, 0.29) is 6.10 Å². The number of ether oxygens (including phenoxy) is 1. The summed E-state index contributed by atoms with van der Waals surface area (Å²) >= 11 is 0. The molecule has 1 N–H and O–H groups in total. The van der Waals surface area contributed by atoms with Crippen LogP contribution in [0.4, 0.5) is 11.8 Å². The monoisotopic (exact) mass is 385 g/mol. The fourth-order valence-corrected chi connectivity index (χ4v) is 4.37. The molecule has 0 spiro atoms. The molecule has 0 bridgehead atoms. The number of aromatic nitrogens is 5. The number of piperidine rings is 1. The average molecular weight is 386 g/mol. The molecule has 2 saturated heterocycles. The highest BCUT2D eigenvalue weighted by atomic mass is 16.5. The quantitative estimate of drug-likeness (QED) is 0.818. The Labute approximate surface area is 166 Å². The van der Waals surface area contributed by atoms with Gasteiger partial charge in [-0.05, 0) is 43.6 Å². The van der Waals surface area contributed by atoms with Crippen LogP contribution in [0.15, 0.2) is 24.9 Å². The molecule has 2 aromatic rings. The lowest BCUT2D eigenvalue weighted by Crippen LogP contribution is -2.43. The van der Waals surface area contributed by atoms with Crippen molar-refractivity contribution in [3.63, 3.8) is 0 Å². The Balaban J connectivity index is 1.41. The molecule has 8 nitrogen and oxygen atoms in total. The van der Waals surface area contributed by atoms with Gasteiger partial charge in [-0.25, -0.2) is 9.97 Å². The Morgan fingerprint density at radius 2 is 2.21 bits per heavy atom. The summed E-state index contributed by atoms with van der Waals surface area (Å²) in [6.07, 6.45) is 10.0. The van der Waals surface area contributed by atoms with Crippen molar-refractivity contribution in [1.29, 1.82) is 0 Å². The largest absolute Gasteiger partial charge is 0.376 e. The molecule has 0 radical (unpaired) electrons. The molecule has 0 amide bonds. The van der Waals surface area contributed by atoms with Crippen molar-refractivity contribution in [1.82, 2.24) is 24.7 Å². The molecule has 28 heavy (non-hydrogen) atoms. The topological polar surface area (TPSA) is 81.0 Å². The summed E-state index contributed by atoms with van der Waals surface area (Å²) in [6.45, 7) is 8.14. The van der Waals surface area contributed by atoms with Gasteiger partial charge in [-0.2, -0.15) is 10.1 Å². The van der Waals surface area contributed by atoms with Crippen LogP contribution >= 0.6 is 0 Å². The van der Waals surface area contributed by atoms with E-state index in [1.165, 1.54) is 6.42 Å². The zero-order valence-electron chi connectivity index (χ0n) is 16.9. The van der Waals surface area contributed by atoms with E-state index in [9.17, 15) is 0 Å². The van der Waals surface area contributed by atoms with Gasteiger partial charge in [0.1, 0.15) is 18.5 Å². The molecule has 0 aromatic carbocycles. The normalized spacial score (nSPS) is 25.8. The second-order valence-electron chi connectivity index (χ2n) is 8.29. The molecule has 4 rings (SSSR count). The van der Waals surface area contributed by atoms with Crippen molar-refractivity contribution in [2.75, 3.05) is 29.9 Å². The lowest BCUT2D eigenvalue weighted by molar-refractivity contribution is -0.0203. The number of hydrogen-bond donors (Lipinski definition) is 1. The van der Waals surface area contributed by atoms with Crippen molar-refractivity contribution in [3.8, 4) is 0 Å². The van der Waals surface area contributed by atoms with Crippen LogP contribution in [0.25, 0.3) is 0 Å². The van der Waals surface area contributed by atoms with Crippen LogP contribution in [0.3, 0.4) is 0 Å². The van der Waals surface area contributed by atoms with Gasteiger partial charge < -0.3 is 15.0 Å². The first-order valence-corrected chi connectivity index (χ1v) is 10.5. The fourth-order valence-electron chi connectivity index (χ4n) is 4.37. The highest BCUT2D eigenvalue weighted by Gasteiger charge is 2.29. The van der Waals surface area contributed by atoms with Gasteiger partial charge in [-0.15, -0.1) is 0 Å². The lowest BCUT2D eigenvalue weighted by Gasteiger charge is -2.35. The summed E-state index contributed by atoms with van der Waals surface area (Å²) < 4.78 is 7.92. The van der Waals surface area contributed by atoms with Crippen LogP contribution in [0.1, 0.15) is 39.5 Å². The van der Waals surface area contributed by atoms with E-state index in [0.29, 0.717) is 17.9 Å². The van der Waals surface area contributed by atoms with E-state index in [4.69, 9.17) is 9.72 Å². The minimum Gasteiger partial charge on any atom is -0.376 e. The molecule has 0 aliphatic carbocycles. The highest BCUT2D eigenvalue weighted by molar-refractivity contribution is 5.42. The Morgan fingerprint density at radius 3 is 3.04 bits per heavy atom. The van der Waals surface area contributed by atoms with Crippen LogP contribution in [-0.2, 0) is 11.3 Å². The first kappa shape index (κ1) is 19.1. The molecule has 152 valence electrons. The van der Waals surface area contributed by atoms with E-state index in [1.54, 1.807) is 12.7 Å². The maximum atomic E-state index is 6.01. The molecule has 3 unspecified atom stereocenters. The minimum atomic E-state index is 0.231. The summed E-state index contributed by atoms with van der Waals surface area (Å²) in [5.41, 5.74) is 0. The minimum absolute atomic E-state index is 0.231. The van der Waals surface area contributed by atoms with E-state index in [1.807, 2.05) is 16.9 Å². The zero-order valence-corrected chi connectivity index (χ0v) is 16.9. The number of rotatable bonds is 6. The molecule has 3 atom stereocenters. The van der Waals surface area contributed by atoms with Crippen LogP contribution in [0.5, 0.6) is 0 Å². The third-order valence-corrected chi connectivity index (χ3v) is 5.71. The average Bonchev–Trinajstić information content (AvgIpc) is 3.22. The van der Waals surface area contributed by atoms with Crippen molar-refractivity contribution in [3.05, 3.63) is 24.9 Å². The van der Waals surface area contributed by atoms with Gasteiger partial charge >= 0.3 is 0 Å². The van der Waals surface area contributed by atoms with E-state index < -0.39 is 0 Å². The molecule has 4 heterocycles.